The van der Waals surface area contributed by atoms with Crippen molar-refractivity contribution in [1.29, 1.82) is 0 Å². The molecule has 0 spiro atoms. The third kappa shape index (κ3) is 6.85. The van der Waals surface area contributed by atoms with Crippen LogP contribution in [-0.2, 0) is 0 Å². The fraction of sp³-hybridized carbons (Fsp3) is 0.344. The second kappa shape index (κ2) is 13.0. The zero-order valence-electron chi connectivity index (χ0n) is 21.9. The number of aryl methyl sites for hydroxylation is 1. The minimum atomic E-state index is 1.04. The second-order valence-corrected chi connectivity index (χ2v) is 11.0. The molecule has 5 heteroatoms. The van der Waals surface area contributed by atoms with Crippen molar-refractivity contribution in [2.75, 3.05) is 48.7 Å². The number of benzene rings is 3. The van der Waals surface area contributed by atoms with Crippen LogP contribution in [0.5, 0.6) is 0 Å². The molecule has 1 aliphatic heterocycles. The summed E-state index contributed by atoms with van der Waals surface area (Å²) in [5, 5.41) is 8.32. The molecular weight excluding hydrogens is 472 g/mol. The molecule has 2 N–H and O–H groups in total. The summed E-state index contributed by atoms with van der Waals surface area (Å²) in [6.07, 6.45) is 6.98. The number of unbranched alkanes of at least 4 members (excludes halogenated alkanes) is 3. The van der Waals surface area contributed by atoms with E-state index in [2.05, 4.69) is 95.3 Å². The second-order valence-electron chi connectivity index (χ2n) is 9.84. The van der Waals surface area contributed by atoms with Gasteiger partial charge in [-0.25, -0.2) is 0 Å². The van der Waals surface area contributed by atoms with Crippen LogP contribution >= 0.6 is 11.8 Å². The molecule has 1 aromatic heterocycles. The Labute approximate surface area is 225 Å². The molecule has 4 aromatic rings. The maximum atomic E-state index is 4.73. The van der Waals surface area contributed by atoms with Gasteiger partial charge in [-0.2, -0.15) is 0 Å². The van der Waals surface area contributed by atoms with Crippen molar-refractivity contribution in [2.24, 2.45) is 0 Å². The van der Waals surface area contributed by atoms with Gasteiger partial charge in [0.05, 0.1) is 5.52 Å². The number of aromatic nitrogens is 1. The number of rotatable bonds is 11. The van der Waals surface area contributed by atoms with Crippen LogP contribution in [0.25, 0.3) is 22.0 Å². The molecule has 5 rings (SSSR count). The predicted octanol–water partition coefficient (Wildman–Crippen LogP) is 7.38. The molecular formula is C32H38N4S. The Morgan fingerprint density at radius 2 is 1.70 bits per heavy atom. The van der Waals surface area contributed by atoms with E-state index >= 15 is 0 Å². The Morgan fingerprint density at radius 3 is 2.54 bits per heavy atom. The lowest BCUT2D eigenvalue weighted by Crippen LogP contribution is -2.43. The maximum Gasteiger partial charge on any atom is 0.0713 e. The molecule has 0 unspecified atom stereocenters. The fourth-order valence-electron chi connectivity index (χ4n) is 5.06. The summed E-state index contributed by atoms with van der Waals surface area (Å²) in [5.74, 6) is 1.15. The van der Waals surface area contributed by atoms with Crippen molar-refractivity contribution in [1.82, 2.24) is 10.3 Å². The summed E-state index contributed by atoms with van der Waals surface area (Å²) in [4.78, 5) is 8.56. The van der Waals surface area contributed by atoms with E-state index in [-0.39, 0.29) is 0 Å². The van der Waals surface area contributed by atoms with Crippen LogP contribution in [0.2, 0.25) is 0 Å². The number of pyridine rings is 1. The Hall–Kier alpha value is -3.02. The van der Waals surface area contributed by atoms with Crippen molar-refractivity contribution in [3.63, 3.8) is 0 Å². The molecule has 37 heavy (non-hydrogen) atoms. The van der Waals surface area contributed by atoms with E-state index in [4.69, 9.17) is 4.98 Å². The number of nitrogens with one attached hydrogen (secondary N) is 2. The monoisotopic (exact) mass is 510 g/mol. The highest BCUT2D eigenvalue weighted by atomic mass is 32.2. The number of thioether (sulfide) groups is 1. The van der Waals surface area contributed by atoms with Crippen LogP contribution in [-0.4, -0.2) is 43.5 Å². The first kappa shape index (κ1) is 25.6. The topological polar surface area (TPSA) is 40.2 Å². The number of anilines is 2. The first-order valence-electron chi connectivity index (χ1n) is 13.7. The molecule has 3 aromatic carbocycles. The third-order valence-electron chi connectivity index (χ3n) is 7.11. The van der Waals surface area contributed by atoms with Crippen molar-refractivity contribution < 1.29 is 0 Å². The number of hydrogen-bond acceptors (Lipinski definition) is 5. The molecule has 0 bridgehead atoms. The molecule has 1 fully saturated rings. The van der Waals surface area contributed by atoms with Crippen molar-refractivity contribution >= 4 is 34.0 Å². The number of hydrogen-bond donors (Lipinski definition) is 2. The summed E-state index contributed by atoms with van der Waals surface area (Å²) in [6.45, 7) is 7.61. The molecule has 2 heterocycles. The normalized spacial score (nSPS) is 13.7. The molecule has 1 aliphatic rings. The average molecular weight is 511 g/mol. The van der Waals surface area contributed by atoms with E-state index in [0.717, 1.165) is 44.0 Å². The zero-order valence-corrected chi connectivity index (χ0v) is 22.7. The Morgan fingerprint density at radius 1 is 0.865 bits per heavy atom. The molecule has 0 amide bonds. The van der Waals surface area contributed by atoms with Crippen LogP contribution < -0.4 is 15.5 Å². The van der Waals surface area contributed by atoms with Crippen molar-refractivity contribution in [3.05, 3.63) is 84.6 Å². The summed E-state index contributed by atoms with van der Waals surface area (Å²) in [7, 11) is 0. The Kier molecular flexibility index (Phi) is 8.99. The lowest BCUT2D eigenvalue weighted by molar-refractivity contribution is 0.588. The van der Waals surface area contributed by atoms with Crippen LogP contribution in [0.4, 0.5) is 11.4 Å². The standard InChI is InChI=1S/C32H38N4S/c1-25-22-28(14-15-31(25)36-19-17-33-18-20-36)34-16-7-2-3-8-21-37-32-13-9-12-30-29(32)23-27(24-35-30)26-10-5-4-6-11-26/h4-6,9-15,22-24,33-34H,2-3,7-8,16-21H2,1H3. The highest BCUT2D eigenvalue weighted by molar-refractivity contribution is 7.99. The van der Waals surface area contributed by atoms with E-state index in [0.29, 0.717) is 0 Å². The lowest BCUT2D eigenvalue weighted by atomic mass is 10.1. The van der Waals surface area contributed by atoms with E-state index in [9.17, 15) is 0 Å². The van der Waals surface area contributed by atoms with Gasteiger partial charge in [-0.05, 0) is 73.0 Å². The van der Waals surface area contributed by atoms with Gasteiger partial charge in [0.25, 0.3) is 0 Å². The molecule has 4 nitrogen and oxygen atoms in total. The van der Waals surface area contributed by atoms with Gasteiger partial charge in [-0.15, -0.1) is 11.8 Å². The molecule has 0 aliphatic carbocycles. The largest absolute Gasteiger partial charge is 0.385 e. The van der Waals surface area contributed by atoms with E-state index in [1.54, 1.807) is 0 Å². The highest BCUT2D eigenvalue weighted by Crippen LogP contribution is 2.31. The van der Waals surface area contributed by atoms with Crippen LogP contribution in [0.3, 0.4) is 0 Å². The Bertz CT molecular complexity index is 1280. The fourth-order valence-corrected chi connectivity index (χ4v) is 6.12. The minimum Gasteiger partial charge on any atom is -0.385 e. The van der Waals surface area contributed by atoms with E-state index < -0.39 is 0 Å². The van der Waals surface area contributed by atoms with Gasteiger partial charge in [0.1, 0.15) is 0 Å². The van der Waals surface area contributed by atoms with Crippen molar-refractivity contribution in [2.45, 2.75) is 37.5 Å². The first-order valence-corrected chi connectivity index (χ1v) is 14.6. The van der Waals surface area contributed by atoms with Gasteiger partial charge in [0.15, 0.2) is 0 Å². The van der Waals surface area contributed by atoms with Gasteiger partial charge < -0.3 is 15.5 Å². The quantitative estimate of drug-likeness (QED) is 0.163. The average Bonchev–Trinajstić information content (AvgIpc) is 2.95. The van der Waals surface area contributed by atoms with Gasteiger partial charge >= 0.3 is 0 Å². The molecule has 192 valence electrons. The van der Waals surface area contributed by atoms with Crippen LogP contribution in [0.1, 0.15) is 31.2 Å². The number of piperazine rings is 1. The zero-order chi connectivity index (χ0) is 25.3. The molecule has 1 saturated heterocycles. The maximum absolute atomic E-state index is 4.73. The molecule has 0 saturated carbocycles. The summed E-state index contributed by atoms with van der Waals surface area (Å²) >= 11 is 1.97. The minimum absolute atomic E-state index is 1.04. The number of nitrogens with zero attached hydrogens (tertiary/aromatic N) is 2. The van der Waals surface area contributed by atoms with E-state index in [1.807, 2.05) is 18.0 Å². The first-order chi connectivity index (χ1) is 18.3. The summed E-state index contributed by atoms with van der Waals surface area (Å²) < 4.78 is 0. The van der Waals surface area contributed by atoms with Crippen LogP contribution in [0.15, 0.2) is 83.9 Å². The smallest absolute Gasteiger partial charge is 0.0713 e. The Balaban J connectivity index is 1.04. The lowest BCUT2D eigenvalue weighted by Gasteiger charge is -2.31. The van der Waals surface area contributed by atoms with Gasteiger partial charge in [0, 0.05) is 66.1 Å². The molecule has 0 radical (unpaired) electrons. The summed E-state index contributed by atoms with van der Waals surface area (Å²) in [5.41, 5.74) is 7.46. The molecule has 0 atom stereocenters. The van der Waals surface area contributed by atoms with Gasteiger partial charge in [0.2, 0.25) is 0 Å². The van der Waals surface area contributed by atoms with Gasteiger partial charge in [-0.3, -0.25) is 4.98 Å². The highest BCUT2D eigenvalue weighted by Gasteiger charge is 2.12. The number of fused-ring (bicyclic) bond motifs is 1. The van der Waals surface area contributed by atoms with Crippen LogP contribution in [0, 0.1) is 6.92 Å². The van der Waals surface area contributed by atoms with E-state index in [1.165, 1.54) is 64.0 Å². The third-order valence-corrected chi connectivity index (χ3v) is 8.26. The van der Waals surface area contributed by atoms with Gasteiger partial charge in [-0.1, -0.05) is 49.2 Å². The summed E-state index contributed by atoms with van der Waals surface area (Å²) in [6, 6.07) is 26.1. The predicted molar refractivity (Wildman–Crippen MR) is 161 cm³/mol. The van der Waals surface area contributed by atoms with Crippen molar-refractivity contribution in [3.8, 4) is 11.1 Å². The SMILES string of the molecule is Cc1cc(NCCCCCCSc2cccc3ncc(-c4ccccc4)cc23)ccc1N1CCNCC1.